The summed E-state index contributed by atoms with van der Waals surface area (Å²) in [5.74, 6) is 1.63. The van der Waals surface area contributed by atoms with Crippen molar-refractivity contribution in [2.75, 3.05) is 0 Å². The smallest absolute Gasteiger partial charge is 0.320 e. The van der Waals surface area contributed by atoms with Crippen LogP contribution in [0.5, 0.6) is 0 Å². The molecular formula is C16H20N2O2. The average molecular weight is 272 g/mol. The molecule has 20 heavy (non-hydrogen) atoms. The van der Waals surface area contributed by atoms with Crippen LogP contribution in [0.3, 0.4) is 0 Å². The van der Waals surface area contributed by atoms with Gasteiger partial charge in [0.2, 0.25) is 0 Å². The molecule has 1 aromatic heterocycles. The number of hydrogen-bond acceptors (Lipinski definition) is 2. The monoisotopic (exact) mass is 272 g/mol. The Kier molecular flexibility index (Phi) is 5.36. The predicted octanol–water partition coefficient (Wildman–Crippen LogP) is 2.14. The lowest BCUT2D eigenvalue weighted by Gasteiger charge is -2.04. The van der Waals surface area contributed by atoms with Crippen molar-refractivity contribution < 1.29 is 9.90 Å². The van der Waals surface area contributed by atoms with Gasteiger partial charge in [0.1, 0.15) is 6.04 Å². The van der Waals surface area contributed by atoms with Crippen molar-refractivity contribution >= 4 is 16.9 Å². The van der Waals surface area contributed by atoms with E-state index in [1.165, 1.54) is 0 Å². The number of benzene rings is 1. The van der Waals surface area contributed by atoms with Gasteiger partial charge in [-0.3, -0.25) is 4.79 Å². The lowest BCUT2D eigenvalue weighted by atomic mass is 10.0. The molecule has 4 nitrogen and oxygen atoms in total. The minimum Gasteiger partial charge on any atom is -0.480 e. The van der Waals surface area contributed by atoms with Gasteiger partial charge in [0, 0.05) is 30.6 Å². The van der Waals surface area contributed by atoms with Gasteiger partial charge in [-0.15, -0.1) is 6.42 Å². The summed E-state index contributed by atoms with van der Waals surface area (Å²) in [6.07, 6.45) is 7.64. The normalized spacial score (nSPS) is 11.3. The maximum atomic E-state index is 10.8. The zero-order valence-electron chi connectivity index (χ0n) is 12.1. The Morgan fingerprint density at radius 2 is 2.15 bits per heavy atom. The first kappa shape index (κ1) is 15.8. The number of aryl methyl sites for hydroxylation is 1. The van der Waals surface area contributed by atoms with Gasteiger partial charge in [0.25, 0.3) is 0 Å². The molecule has 0 aliphatic heterocycles. The van der Waals surface area contributed by atoms with Crippen molar-refractivity contribution in [2.24, 2.45) is 12.8 Å². The first-order valence-electron chi connectivity index (χ1n) is 6.56. The summed E-state index contributed by atoms with van der Waals surface area (Å²) in [4.78, 5) is 10.8. The number of nitrogens with zero attached hydrogens (tertiary/aromatic N) is 1. The van der Waals surface area contributed by atoms with Crippen LogP contribution in [0.2, 0.25) is 0 Å². The second-order valence-corrected chi connectivity index (χ2v) is 4.26. The molecule has 1 aromatic carbocycles. The van der Waals surface area contributed by atoms with Crippen molar-refractivity contribution in [1.29, 1.82) is 0 Å². The van der Waals surface area contributed by atoms with Gasteiger partial charge < -0.3 is 15.4 Å². The Bertz CT molecular complexity index is 650. The molecule has 1 unspecified atom stereocenters. The highest BCUT2D eigenvalue weighted by atomic mass is 16.4. The number of nitrogens with two attached hydrogens (primary N) is 1. The number of para-hydroxylation sites is 1. The largest absolute Gasteiger partial charge is 0.480 e. The molecule has 0 amide bonds. The fourth-order valence-electron chi connectivity index (χ4n) is 2.15. The predicted molar refractivity (Wildman–Crippen MR) is 81.5 cm³/mol. The Morgan fingerprint density at radius 1 is 1.50 bits per heavy atom. The van der Waals surface area contributed by atoms with E-state index >= 15 is 0 Å². The summed E-state index contributed by atoms with van der Waals surface area (Å²) in [5, 5.41) is 9.82. The number of terminal acetylenes is 1. The van der Waals surface area contributed by atoms with Gasteiger partial charge >= 0.3 is 5.97 Å². The third kappa shape index (κ3) is 3.01. The Hall–Kier alpha value is -2.25. The molecule has 1 atom stereocenters. The van der Waals surface area contributed by atoms with Gasteiger partial charge in [-0.05, 0) is 11.6 Å². The molecule has 4 heteroatoms. The first-order valence-corrected chi connectivity index (χ1v) is 6.56. The fourth-order valence-corrected chi connectivity index (χ4v) is 2.15. The van der Waals surface area contributed by atoms with Crippen LogP contribution in [0.25, 0.3) is 10.9 Å². The summed E-state index contributed by atoms with van der Waals surface area (Å²) >= 11 is 0. The van der Waals surface area contributed by atoms with E-state index in [0.717, 1.165) is 22.0 Å². The summed E-state index contributed by atoms with van der Waals surface area (Å²) in [7, 11) is 1.89. The Morgan fingerprint density at radius 3 is 2.70 bits per heavy atom. The number of aliphatic carboxylic acids is 1. The second kappa shape index (κ2) is 6.78. The topological polar surface area (TPSA) is 68.2 Å². The standard InChI is InChI=1S/C14H14N2O2.C2H6/c1-3-9-5-4-6-11-10(7-12(15)14(17)18)8-16(2)13(9)11;1-2/h1,4-6,8,12H,7,15H2,2H3,(H,17,18);1-2H3. The molecule has 106 valence electrons. The number of fused-ring (bicyclic) bond motifs is 1. The molecule has 0 bridgehead atoms. The zero-order valence-corrected chi connectivity index (χ0v) is 12.1. The van der Waals surface area contributed by atoms with Crippen LogP contribution in [-0.2, 0) is 18.3 Å². The highest BCUT2D eigenvalue weighted by Gasteiger charge is 2.16. The van der Waals surface area contributed by atoms with E-state index in [1.807, 2.05) is 49.9 Å². The molecule has 0 aliphatic carbocycles. The van der Waals surface area contributed by atoms with Crippen LogP contribution in [0.4, 0.5) is 0 Å². The number of carboxylic acids is 1. The number of rotatable bonds is 3. The van der Waals surface area contributed by atoms with E-state index in [2.05, 4.69) is 5.92 Å². The van der Waals surface area contributed by atoms with Crippen LogP contribution < -0.4 is 5.73 Å². The maximum absolute atomic E-state index is 10.8. The minimum absolute atomic E-state index is 0.292. The first-order chi connectivity index (χ1) is 9.54. The number of hydrogen-bond donors (Lipinski definition) is 2. The zero-order chi connectivity index (χ0) is 15.3. The molecule has 0 radical (unpaired) electrons. The third-order valence-corrected chi connectivity index (χ3v) is 3.00. The summed E-state index contributed by atoms with van der Waals surface area (Å²) in [6.45, 7) is 4.00. The summed E-state index contributed by atoms with van der Waals surface area (Å²) in [5.41, 5.74) is 8.21. The quantitative estimate of drug-likeness (QED) is 0.841. The van der Waals surface area contributed by atoms with Gasteiger partial charge in [0.05, 0.1) is 5.52 Å². The average Bonchev–Trinajstić information content (AvgIpc) is 2.77. The second-order valence-electron chi connectivity index (χ2n) is 4.26. The number of carboxylic acid groups (broad SMARTS) is 1. The minimum atomic E-state index is -1.000. The third-order valence-electron chi connectivity index (χ3n) is 3.00. The lowest BCUT2D eigenvalue weighted by molar-refractivity contribution is -0.138. The van der Waals surface area contributed by atoms with Gasteiger partial charge in [-0.25, -0.2) is 0 Å². The van der Waals surface area contributed by atoms with Crippen molar-refractivity contribution in [2.45, 2.75) is 26.3 Å². The molecule has 0 aliphatic rings. The molecule has 0 saturated carbocycles. The summed E-state index contributed by atoms with van der Waals surface area (Å²) in [6, 6.07) is 4.77. The van der Waals surface area contributed by atoms with E-state index in [1.54, 1.807) is 0 Å². The maximum Gasteiger partial charge on any atom is 0.320 e. The molecule has 2 aromatic rings. The van der Waals surface area contributed by atoms with E-state index in [9.17, 15) is 4.79 Å². The summed E-state index contributed by atoms with van der Waals surface area (Å²) < 4.78 is 1.91. The van der Waals surface area contributed by atoms with Crippen LogP contribution in [-0.4, -0.2) is 21.7 Å². The molecule has 1 heterocycles. The lowest BCUT2D eigenvalue weighted by Crippen LogP contribution is -2.32. The highest BCUT2D eigenvalue weighted by Crippen LogP contribution is 2.24. The molecular weight excluding hydrogens is 252 g/mol. The van der Waals surface area contributed by atoms with Crippen LogP contribution in [0.1, 0.15) is 25.0 Å². The van der Waals surface area contributed by atoms with Crippen LogP contribution in [0, 0.1) is 12.3 Å². The molecule has 0 fully saturated rings. The SMILES string of the molecule is C#Cc1cccc2c(CC(N)C(=O)O)cn(C)c12.CC. The highest BCUT2D eigenvalue weighted by molar-refractivity contribution is 5.89. The van der Waals surface area contributed by atoms with Crippen molar-refractivity contribution in [3.8, 4) is 12.3 Å². The van der Waals surface area contributed by atoms with Crippen molar-refractivity contribution in [3.63, 3.8) is 0 Å². The molecule has 0 spiro atoms. The molecule has 3 N–H and O–H groups in total. The van der Waals surface area contributed by atoms with E-state index in [0.29, 0.717) is 6.42 Å². The molecule has 0 saturated heterocycles. The van der Waals surface area contributed by atoms with Gasteiger partial charge in [-0.1, -0.05) is 31.9 Å². The van der Waals surface area contributed by atoms with Crippen LogP contribution in [0.15, 0.2) is 24.4 Å². The van der Waals surface area contributed by atoms with Crippen molar-refractivity contribution in [3.05, 3.63) is 35.5 Å². The number of aromatic nitrogens is 1. The fraction of sp³-hybridized carbons (Fsp3) is 0.312. The van der Waals surface area contributed by atoms with E-state index in [-0.39, 0.29) is 0 Å². The van der Waals surface area contributed by atoms with E-state index < -0.39 is 12.0 Å². The van der Waals surface area contributed by atoms with Gasteiger partial charge in [0.15, 0.2) is 0 Å². The van der Waals surface area contributed by atoms with Crippen molar-refractivity contribution in [1.82, 2.24) is 4.57 Å². The van der Waals surface area contributed by atoms with Gasteiger partial charge in [-0.2, -0.15) is 0 Å². The Balaban J connectivity index is 0.000000956. The molecule has 2 rings (SSSR count). The van der Waals surface area contributed by atoms with E-state index in [4.69, 9.17) is 17.3 Å². The van der Waals surface area contributed by atoms with Crippen LogP contribution >= 0.6 is 0 Å². The Labute approximate surface area is 119 Å². The number of carbonyl (C=O) groups is 1.